The lowest BCUT2D eigenvalue weighted by Gasteiger charge is -2.33. The fourth-order valence-corrected chi connectivity index (χ4v) is 6.77. The van der Waals surface area contributed by atoms with Crippen molar-refractivity contribution in [3.63, 3.8) is 0 Å². The van der Waals surface area contributed by atoms with Crippen LogP contribution < -0.4 is 9.62 Å². The van der Waals surface area contributed by atoms with E-state index in [0.29, 0.717) is 11.4 Å². The predicted molar refractivity (Wildman–Crippen MR) is 169 cm³/mol. The summed E-state index contributed by atoms with van der Waals surface area (Å²) >= 11 is 12.4. The van der Waals surface area contributed by atoms with E-state index in [1.807, 2.05) is 60.7 Å². The molecule has 0 unspecified atom stereocenters. The summed E-state index contributed by atoms with van der Waals surface area (Å²) in [5, 5.41) is 3.80. The third kappa shape index (κ3) is 8.96. The van der Waals surface area contributed by atoms with Crippen LogP contribution in [0.25, 0.3) is 0 Å². The predicted octanol–water partition coefficient (Wildman–Crippen LogP) is 6.24. The molecule has 224 valence electrons. The van der Waals surface area contributed by atoms with Gasteiger partial charge in [-0.2, -0.15) is 0 Å². The third-order valence-corrected chi connectivity index (χ3v) is 9.23. The fourth-order valence-electron chi connectivity index (χ4n) is 5.36. The lowest BCUT2D eigenvalue weighted by atomic mass is 10.0. The summed E-state index contributed by atoms with van der Waals surface area (Å²) in [6.45, 7) is 0.284. The number of carbonyl (C=O) groups is 2. The van der Waals surface area contributed by atoms with Crippen LogP contribution in [-0.4, -0.2) is 50.0 Å². The molecule has 0 aromatic heterocycles. The Hall–Kier alpha value is -3.07. The molecule has 0 heterocycles. The average molecular weight is 631 g/mol. The Bertz CT molecular complexity index is 1450. The fraction of sp³-hybridized carbons (Fsp3) is 0.375. The number of nitrogens with zero attached hydrogens (tertiary/aromatic N) is 2. The van der Waals surface area contributed by atoms with Crippen molar-refractivity contribution in [1.29, 1.82) is 0 Å². The Balaban J connectivity index is 1.58. The van der Waals surface area contributed by atoms with Crippen molar-refractivity contribution in [1.82, 2.24) is 10.2 Å². The molecule has 3 aromatic rings. The SMILES string of the molecule is CS(=O)(=O)N(CCCC(=O)N(Cc1ccccc1)[C@H](Cc1ccccc1)C(=O)NC1CCCC1)c1cc(Cl)ccc1Cl. The topological polar surface area (TPSA) is 86.8 Å². The van der Waals surface area contributed by atoms with Gasteiger partial charge in [0, 0.05) is 37.0 Å². The zero-order valence-corrected chi connectivity index (χ0v) is 26.0. The van der Waals surface area contributed by atoms with E-state index in [1.165, 1.54) is 10.4 Å². The van der Waals surface area contributed by atoms with Crippen molar-refractivity contribution in [3.05, 3.63) is 100 Å². The van der Waals surface area contributed by atoms with E-state index in [4.69, 9.17) is 23.2 Å². The van der Waals surface area contributed by atoms with Gasteiger partial charge in [-0.25, -0.2) is 8.42 Å². The summed E-state index contributed by atoms with van der Waals surface area (Å²) in [7, 11) is -3.71. The van der Waals surface area contributed by atoms with Gasteiger partial charge in [0.1, 0.15) is 6.04 Å². The minimum absolute atomic E-state index is 0.0292. The summed E-state index contributed by atoms with van der Waals surface area (Å²) in [5.41, 5.74) is 2.12. The number of hydrogen-bond acceptors (Lipinski definition) is 4. The van der Waals surface area contributed by atoms with Gasteiger partial charge in [-0.3, -0.25) is 13.9 Å². The smallest absolute Gasteiger partial charge is 0.243 e. The standard InChI is InChI=1S/C32H37Cl2N3O4S/c1-42(40,41)37(29-22-26(33)18-19-28(29)34)20-10-17-31(38)36(23-25-13-6-3-7-14-25)30(21-24-11-4-2-5-12-24)32(39)35-27-15-8-9-16-27/h2-7,11-14,18-19,22,27,30H,8-10,15-17,20-21,23H2,1H3,(H,35,39)/t30-/m1/s1. The van der Waals surface area contributed by atoms with E-state index in [0.717, 1.165) is 43.1 Å². The van der Waals surface area contributed by atoms with Crippen molar-refractivity contribution in [2.75, 3.05) is 17.1 Å². The minimum atomic E-state index is -3.71. The average Bonchev–Trinajstić information content (AvgIpc) is 3.48. The number of benzene rings is 3. The van der Waals surface area contributed by atoms with Crippen LogP contribution in [0.4, 0.5) is 5.69 Å². The van der Waals surface area contributed by atoms with E-state index in [2.05, 4.69) is 5.32 Å². The van der Waals surface area contributed by atoms with Crippen LogP contribution in [0.3, 0.4) is 0 Å². The maximum Gasteiger partial charge on any atom is 0.243 e. The zero-order chi connectivity index (χ0) is 30.1. The Morgan fingerprint density at radius 2 is 1.55 bits per heavy atom. The van der Waals surface area contributed by atoms with Gasteiger partial charge in [0.05, 0.1) is 17.0 Å². The monoisotopic (exact) mass is 629 g/mol. The molecule has 3 aromatic carbocycles. The number of nitrogens with one attached hydrogen (secondary N) is 1. The van der Waals surface area contributed by atoms with Gasteiger partial charge in [0.2, 0.25) is 21.8 Å². The van der Waals surface area contributed by atoms with Crippen molar-refractivity contribution in [2.24, 2.45) is 0 Å². The Labute approximate surface area is 258 Å². The van der Waals surface area contributed by atoms with Crippen LogP contribution in [0.15, 0.2) is 78.9 Å². The molecule has 1 aliphatic carbocycles. The Morgan fingerprint density at radius 3 is 2.17 bits per heavy atom. The molecule has 0 saturated heterocycles. The van der Waals surface area contributed by atoms with E-state index < -0.39 is 16.1 Å². The first kappa shape index (κ1) is 31.9. The number of carbonyl (C=O) groups excluding carboxylic acids is 2. The number of halogens is 2. The van der Waals surface area contributed by atoms with Gasteiger partial charge in [-0.15, -0.1) is 0 Å². The van der Waals surface area contributed by atoms with E-state index in [-0.39, 0.29) is 54.5 Å². The second-order valence-corrected chi connectivity index (χ2v) is 13.5. The number of amides is 2. The molecule has 0 aliphatic heterocycles. The first-order valence-electron chi connectivity index (χ1n) is 14.2. The summed E-state index contributed by atoms with van der Waals surface area (Å²) in [6.07, 6.45) is 5.75. The lowest BCUT2D eigenvalue weighted by Crippen LogP contribution is -2.52. The quantitative estimate of drug-likeness (QED) is 0.242. The molecular formula is C32H37Cl2N3O4S. The van der Waals surface area contributed by atoms with E-state index in [1.54, 1.807) is 17.0 Å². The lowest BCUT2D eigenvalue weighted by molar-refractivity contribution is -0.141. The number of rotatable bonds is 13. The van der Waals surface area contributed by atoms with Crippen LogP contribution in [0.2, 0.25) is 10.0 Å². The van der Waals surface area contributed by atoms with E-state index in [9.17, 15) is 18.0 Å². The highest BCUT2D eigenvalue weighted by Crippen LogP contribution is 2.31. The van der Waals surface area contributed by atoms with Crippen molar-refractivity contribution in [2.45, 2.75) is 63.6 Å². The molecule has 1 N–H and O–H groups in total. The molecule has 1 fully saturated rings. The number of anilines is 1. The molecule has 0 radical (unpaired) electrons. The molecule has 4 rings (SSSR count). The molecule has 1 saturated carbocycles. The Kier molecular flexibility index (Phi) is 11.3. The highest BCUT2D eigenvalue weighted by molar-refractivity contribution is 7.92. The van der Waals surface area contributed by atoms with Crippen LogP contribution >= 0.6 is 23.2 Å². The van der Waals surface area contributed by atoms with Gasteiger partial charge in [-0.05, 0) is 48.6 Å². The molecule has 10 heteroatoms. The molecule has 7 nitrogen and oxygen atoms in total. The zero-order valence-electron chi connectivity index (χ0n) is 23.7. The summed E-state index contributed by atoms with van der Waals surface area (Å²) in [5.74, 6) is -0.398. The maximum absolute atomic E-state index is 13.9. The van der Waals surface area contributed by atoms with Gasteiger partial charge in [-0.1, -0.05) is 96.7 Å². The van der Waals surface area contributed by atoms with Crippen molar-refractivity contribution >= 4 is 50.7 Å². The van der Waals surface area contributed by atoms with Crippen LogP contribution in [0.1, 0.15) is 49.7 Å². The van der Waals surface area contributed by atoms with Gasteiger partial charge in [0.15, 0.2) is 0 Å². The molecule has 0 bridgehead atoms. The first-order chi connectivity index (χ1) is 20.1. The highest BCUT2D eigenvalue weighted by atomic mass is 35.5. The van der Waals surface area contributed by atoms with Gasteiger partial charge < -0.3 is 10.2 Å². The second kappa shape index (κ2) is 14.9. The van der Waals surface area contributed by atoms with Crippen molar-refractivity contribution in [3.8, 4) is 0 Å². The van der Waals surface area contributed by atoms with Crippen LogP contribution in [-0.2, 0) is 32.6 Å². The maximum atomic E-state index is 13.9. The normalized spacial score (nSPS) is 14.4. The molecule has 0 spiro atoms. The minimum Gasteiger partial charge on any atom is -0.352 e. The molecule has 1 aliphatic rings. The largest absolute Gasteiger partial charge is 0.352 e. The summed E-state index contributed by atoms with van der Waals surface area (Å²) in [4.78, 5) is 29.4. The molecule has 1 atom stereocenters. The number of hydrogen-bond donors (Lipinski definition) is 1. The first-order valence-corrected chi connectivity index (χ1v) is 16.8. The van der Waals surface area contributed by atoms with Crippen molar-refractivity contribution < 1.29 is 18.0 Å². The highest BCUT2D eigenvalue weighted by Gasteiger charge is 2.32. The molecule has 2 amide bonds. The van der Waals surface area contributed by atoms with Gasteiger partial charge >= 0.3 is 0 Å². The molecular weight excluding hydrogens is 593 g/mol. The van der Waals surface area contributed by atoms with Gasteiger partial charge in [0.25, 0.3) is 0 Å². The number of sulfonamides is 1. The second-order valence-electron chi connectivity index (χ2n) is 10.7. The van der Waals surface area contributed by atoms with Crippen LogP contribution in [0.5, 0.6) is 0 Å². The summed E-state index contributed by atoms with van der Waals surface area (Å²) in [6, 6.07) is 23.3. The Morgan fingerprint density at radius 1 is 0.929 bits per heavy atom. The third-order valence-electron chi connectivity index (χ3n) is 7.50. The van der Waals surface area contributed by atoms with E-state index >= 15 is 0 Å². The van der Waals surface area contributed by atoms with Crippen LogP contribution in [0, 0.1) is 0 Å². The molecule has 42 heavy (non-hydrogen) atoms. The summed E-state index contributed by atoms with van der Waals surface area (Å²) < 4.78 is 26.5.